The highest BCUT2D eigenvalue weighted by Gasteiger charge is 2.46. The van der Waals surface area contributed by atoms with E-state index in [0.29, 0.717) is 19.3 Å². The second-order valence-corrected chi connectivity index (χ2v) is 16.9. The maximum Gasteiger partial charge on any atom is 0.306 e. The summed E-state index contributed by atoms with van der Waals surface area (Å²) in [6.45, 7) is 3.68. The van der Waals surface area contributed by atoms with Gasteiger partial charge in [0, 0.05) is 12.8 Å². The van der Waals surface area contributed by atoms with Crippen molar-refractivity contribution in [3.05, 3.63) is 48.6 Å². The zero-order valence-electron chi connectivity index (χ0n) is 35.6. The van der Waals surface area contributed by atoms with Crippen LogP contribution in [0.1, 0.15) is 168 Å². The van der Waals surface area contributed by atoms with Crippen LogP contribution in [0, 0.1) is 0 Å². The number of hydrogen-bond donors (Lipinski definition) is 4. The van der Waals surface area contributed by atoms with Gasteiger partial charge in [-0.1, -0.05) is 152 Å². The minimum atomic E-state index is -4.61. The largest absolute Gasteiger partial charge is 0.462 e. The zero-order chi connectivity index (χ0) is 42.7. The van der Waals surface area contributed by atoms with Crippen molar-refractivity contribution in [3.8, 4) is 0 Å². The number of hydrogen-bond acceptors (Lipinski definition) is 11. The highest BCUT2D eigenvalue weighted by atomic mass is 32.2. The standard InChI is InChI=1S/C45H78O12S/c1-3-5-7-9-11-13-15-17-18-19-20-22-24-26-28-30-32-34-41(47)56-38(36-55-45-44(50)43(49)42(48)39(57-45)37-58(51,52)53)35-54-40(46)33-31-29-27-25-23-21-16-14-12-10-8-6-4-2/h11,13,17-18,20,22,26,28,38-39,42-45,48-50H,3-10,12,14-16,19,21,23-25,27,29-37H2,1-2H3,(H,51,52,53)/b13-11+,18-17+,22-20+,28-26+/t38-,39-,42-,43?,44?,45+/m1/s1. The number of carbonyl (C=O) groups is 2. The van der Waals surface area contributed by atoms with E-state index in [1.807, 2.05) is 12.2 Å². The number of allylic oxidation sites excluding steroid dienone is 8. The van der Waals surface area contributed by atoms with Gasteiger partial charge < -0.3 is 34.3 Å². The predicted molar refractivity (Wildman–Crippen MR) is 229 cm³/mol. The van der Waals surface area contributed by atoms with Crippen molar-refractivity contribution >= 4 is 22.1 Å². The highest BCUT2D eigenvalue weighted by molar-refractivity contribution is 7.85. The van der Waals surface area contributed by atoms with Gasteiger partial charge in [0.05, 0.1) is 6.61 Å². The zero-order valence-corrected chi connectivity index (χ0v) is 36.5. The summed E-state index contributed by atoms with van der Waals surface area (Å²) in [5.41, 5.74) is 0. The number of aliphatic hydroxyl groups is 3. The van der Waals surface area contributed by atoms with Crippen molar-refractivity contribution in [2.75, 3.05) is 19.0 Å². The van der Waals surface area contributed by atoms with Gasteiger partial charge in [0.2, 0.25) is 0 Å². The normalized spacial score (nSPS) is 20.8. The van der Waals surface area contributed by atoms with Gasteiger partial charge in [-0.2, -0.15) is 8.42 Å². The lowest BCUT2D eigenvalue weighted by atomic mass is 10.00. The number of ether oxygens (including phenoxy) is 4. The van der Waals surface area contributed by atoms with Crippen LogP contribution in [-0.4, -0.2) is 96.0 Å². The topological polar surface area (TPSA) is 186 Å². The Kier molecular flexibility index (Phi) is 32.7. The monoisotopic (exact) mass is 843 g/mol. The summed E-state index contributed by atoms with van der Waals surface area (Å²) < 4.78 is 53.9. The van der Waals surface area contributed by atoms with Crippen LogP contribution in [0.4, 0.5) is 0 Å². The van der Waals surface area contributed by atoms with Gasteiger partial charge in [0.15, 0.2) is 12.4 Å². The third-order valence-electron chi connectivity index (χ3n) is 9.91. The average Bonchev–Trinajstić information content (AvgIpc) is 3.18. The molecule has 1 heterocycles. The maximum absolute atomic E-state index is 12.8. The Morgan fingerprint density at radius 3 is 1.59 bits per heavy atom. The van der Waals surface area contributed by atoms with Gasteiger partial charge in [-0.05, 0) is 51.4 Å². The molecule has 1 aliphatic rings. The summed E-state index contributed by atoms with van der Waals surface area (Å²) in [6, 6.07) is 0. The molecule has 0 bridgehead atoms. The fourth-order valence-electron chi connectivity index (χ4n) is 6.43. The average molecular weight is 843 g/mol. The summed E-state index contributed by atoms with van der Waals surface area (Å²) in [7, 11) is -4.61. The van der Waals surface area contributed by atoms with Crippen molar-refractivity contribution in [3.63, 3.8) is 0 Å². The number of unbranched alkanes of at least 4 members (excludes halogenated alkanes) is 16. The molecule has 1 aliphatic heterocycles. The third-order valence-corrected chi connectivity index (χ3v) is 10.7. The van der Waals surface area contributed by atoms with Crippen molar-refractivity contribution < 1.29 is 56.8 Å². The Labute approximate surface area is 350 Å². The lowest BCUT2D eigenvalue weighted by Crippen LogP contribution is -2.60. The first-order chi connectivity index (χ1) is 28.0. The second-order valence-electron chi connectivity index (χ2n) is 15.4. The molecule has 1 fully saturated rings. The van der Waals surface area contributed by atoms with Crippen LogP contribution in [0.5, 0.6) is 0 Å². The van der Waals surface area contributed by atoms with Gasteiger partial charge in [-0.25, -0.2) is 0 Å². The molecule has 6 atom stereocenters. The summed E-state index contributed by atoms with van der Waals surface area (Å²) >= 11 is 0. The van der Waals surface area contributed by atoms with Gasteiger partial charge in [0.1, 0.15) is 36.8 Å². The first-order valence-corrected chi connectivity index (χ1v) is 23.8. The smallest absolute Gasteiger partial charge is 0.306 e. The van der Waals surface area contributed by atoms with Crippen LogP contribution in [0.2, 0.25) is 0 Å². The van der Waals surface area contributed by atoms with E-state index in [4.69, 9.17) is 18.9 Å². The van der Waals surface area contributed by atoms with Crippen molar-refractivity contribution in [1.82, 2.24) is 0 Å². The molecule has 2 unspecified atom stereocenters. The molecule has 0 aliphatic carbocycles. The van der Waals surface area contributed by atoms with Crippen LogP contribution < -0.4 is 0 Å². The minimum absolute atomic E-state index is 0.0886. The fraction of sp³-hybridized carbons (Fsp3) is 0.778. The maximum atomic E-state index is 12.8. The summed E-state index contributed by atoms with van der Waals surface area (Å²) in [5.74, 6) is -2.06. The summed E-state index contributed by atoms with van der Waals surface area (Å²) in [6.07, 6.45) is 31.6. The molecular formula is C45H78O12S. The Hall–Kier alpha value is -2.39. The number of rotatable bonds is 36. The number of esters is 2. The number of carbonyl (C=O) groups excluding carboxylic acids is 2. The fourth-order valence-corrected chi connectivity index (χ4v) is 7.12. The van der Waals surface area contributed by atoms with E-state index in [0.717, 1.165) is 44.9 Å². The van der Waals surface area contributed by atoms with E-state index in [-0.39, 0.29) is 19.4 Å². The Morgan fingerprint density at radius 1 is 0.586 bits per heavy atom. The number of aliphatic hydroxyl groups excluding tert-OH is 3. The predicted octanol–water partition coefficient (Wildman–Crippen LogP) is 8.78. The van der Waals surface area contributed by atoms with Gasteiger partial charge in [-0.15, -0.1) is 0 Å². The van der Waals surface area contributed by atoms with E-state index in [9.17, 15) is 37.9 Å². The molecule has 13 heteroatoms. The first-order valence-electron chi connectivity index (χ1n) is 22.2. The highest BCUT2D eigenvalue weighted by Crippen LogP contribution is 2.24. The van der Waals surface area contributed by atoms with Crippen LogP contribution in [-0.2, 0) is 38.7 Å². The van der Waals surface area contributed by atoms with E-state index in [1.165, 1.54) is 77.0 Å². The first kappa shape index (κ1) is 53.6. The van der Waals surface area contributed by atoms with E-state index < -0.39 is 71.2 Å². The Balaban J connectivity index is 2.51. The molecule has 0 amide bonds. The second kappa shape index (κ2) is 35.4. The molecule has 58 heavy (non-hydrogen) atoms. The summed E-state index contributed by atoms with van der Waals surface area (Å²) in [4.78, 5) is 25.3. The molecule has 0 aromatic rings. The van der Waals surface area contributed by atoms with Crippen LogP contribution in [0.3, 0.4) is 0 Å². The quantitative estimate of drug-likeness (QED) is 0.0204. The molecule has 12 nitrogen and oxygen atoms in total. The van der Waals surface area contributed by atoms with Crippen molar-refractivity contribution in [2.45, 2.75) is 205 Å². The van der Waals surface area contributed by atoms with E-state index in [2.05, 4.69) is 50.3 Å². The molecule has 0 aromatic carbocycles. The molecule has 0 saturated carbocycles. The van der Waals surface area contributed by atoms with Gasteiger partial charge in [-0.3, -0.25) is 14.1 Å². The third kappa shape index (κ3) is 29.8. The molecule has 336 valence electrons. The summed E-state index contributed by atoms with van der Waals surface area (Å²) in [5, 5.41) is 30.8. The lowest BCUT2D eigenvalue weighted by Gasteiger charge is -2.40. The molecule has 1 saturated heterocycles. The van der Waals surface area contributed by atoms with Crippen LogP contribution in [0.15, 0.2) is 48.6 Å². The Morgan fingerprint density at radius 2 is 1.05 bits per heavy atom. The lowest BCUT2D eigenvalue weighted by molar-refractivity contribution is -0.297. The van der Waals surface area contributed by atoms with Crippen LogP contribution >= 0.6 is 0 Å². The molecular weight excluding hydrogens is 765 g/mol. The van der Waals surface area contributed by atoms with Gasteiger partial charge in [0.25, 0.3) is 10.1 Å². The molecule has 1 rings (SSSR count). The molecule has 0 aromatic heterocycles. The molecule has 0 spiro atoms. The Bertz CT molecular complexity index is 1260. The minimum Gasteiger partial charge on any atom is -0.462 e. The van der Waals surface area contributed by atoms with Gasteiger partial charge >= 0.3 is 11.9 Å². The van der Waals surface area contributed by atoms with Crippen molar-refractivity contribution in [1.29, 1.82) is 0 Å². The van der Waals surface area contributed by atoms with Crippen molar-refractivity contribution in [2.24, 2.45) is 0 Å². The SMILES string of the molecule is CCCCC/C=C/C/C=C/C/C=C/C/C=C/CCCC(=O)O[C@H](COC(=O)CCCCCCCCCCCCCCC)CO[C@H]1O[C@H](CS(=O)(=O)O)[C@@H](O)C(O)C1O. The van der Waals surface area contributed by atoms with E-state index in [1.54, 1.807) is 0 Å². The van der Waals surface area contributed by atoms with E-state index >= 15 is 0 Å². The van der Waals surface area contributed by atoms with Crippen LogP contribution in [0.25, 0.3) is 0 Å². The molecule has 4 N–H and O–H groups in total. The molecule has 0 radical (unpaired) electrons.